The SMILES string of the molecule is CC(C)(C)OC(=O)NC1CC2(COC2)CN(Cc2ccccc2)C1=O. The molecule has 2 amide bonds. The van der Waals surface area contributed by atoms with Crippen LogP contribution in [-0.2, 0) is 20.8 Å². The number of ether oxygens (including phenoxy) is 2. The van der Waals surface area contributed by atoms with E-state index in [9.17, 15) is 9.59 Å². The van der Waals surface area contributed by atoms with E-state index in [1.807, 2.05) is 35.2 Å². The number of likely N-dealkylation sites (tertiary alicyclic amines) is 1. The molecule has 1 atom stereocenters. The van der Waals surface area contributed by atoms with Crippen molar-refractivity contribution in [1.29, 1.82) is 0 Å². The van der Waals surface area contributed by atoms with Crippen LogP contribution in [0.15, 0.2) is 30.3 Å². The first kappa shape index (κ1) is 17.7. The van der Waals surface area contributed by atoms with Gasteiger partial charge in [0.15, 0.2) is 0 Å². The minimum Gasteiger partial charge on any atom is -0.444 e. The lowest BCUT2D eigenvalue weighted by molar-refractivity contribution is -0.170. The van der Waals surface area contributed by atoms with Crippen molar-refractivity contribution in [2.75, 3.05) is 19.8 Å². The zero-order chi connectivity index (χ0) is 18.1. The third-order valence-corrected chi connectivity index (χ3v) is 4.50. The van der Waals surface area contributed by atoms with Gasteiger partial charge in [-0.1, -0.05) is 30.3 Å². The molecular weight excluding hydrogens is 320 g/mol. The first-order valence-corrected chi connectivity index (χ1v) is 8.66. The largest absolute Gasteiger partial charge is 0.444 e. The maximum atomic E-state index is 12.9. The van der Waals surface area contributed by atoms with E-state index in [2.05, 4.69) is 5.32 Å². The number of carbonyl (C=O) groups is 2. The van der Waals surface area contributed by atoms with Gasteiger partial charge in [0.25, 0.3) is 0 Å². The zero-order valence-electron chi connectivity index (χ0n) is 15.1. The third kappa shape index (κ3) is 4.31. The van der Waals surface area contributed by atoms with Crippen molar-refractivity contribution in [3.8, 4) is 0 Å². The number of hydrogen-bond acceptors (Lipinski definition) is 4. The molecule has 2 fully saturated rings. The lowest BCUT2D eigenvalue weighted by atomic mass is 9.76. The lowest BCUT2D eigenvalue weighted by Gasteiger charge is -2.50. The van der Waals surface area contributed by atoms with Crippen molar-refractivity contribution in [1.82, 2.24) is 10.2 Å². The van der Waals surface area contributed by atoms with Gasteiger partial charge >= 0.3 is 6.09 Å². The molecule has 0 saturated carbocycles. The molecule has 0 radical (unpaired) electrons. The van der Waals surface area contributed by atoms with Crippen LogP contribution in [0.5, 0.6) is 0 Å². The van der Waals surface area contributed by atoms with Gasteiger partial charge in [0.05, 0.1) is 13.2 Å². The highest BCUT2D eigenvalue weighted by molar-refractivity contribution is 5.86. The van der Waals surface area contributed by atoms with Crippen molar-refractivity contribution < 1.29 is 19.1 Å². The summed E-state index contributed by atoms with van der Waals surface area (Å²) in [7, 11) is 0. The van der Waals surface area contributed by atoms with Crippen LogP contribution in [0.3, 0.4) is 0 Å². The van der Waals surface area contributed by atoms with E-state index in [1.165, 1.54) is 0 Å². The summed E-state index contributed by atoms with van der Waals surface area (Å²) in [6, 6.07) is 9.31. The summed E-state index contributed by atoms with van der Waals surface area (Å²) in [5.41, 5.74) is 0.412. The summed E-state index contributed by atoms with van der Waals surface area (Å²) in [6.07, 6.45) is 0.0407. The highest BCUT2D eigenvalue weighted by Gasteiger charge is 2.49. The van der Waals surface area contributed by atoms with Gasteiger partial charge in [-0.3, -0.25) is 4.79 Å². The second kappa shape index (κ2) is 6.67. The van der Waals surface area contributed by atoms with Crippen LogP contribution >= 0.6 is 0 Å². The van der Waals surface area contributed by atoms with Crippen LogP contribution in [0.2, 0.25) is 0 Å². The van der Waals surface area contributed by atoms with E-state index in [1.54, 1.807) is 20.8 Å². The van der Waals surface area contributed by atoms with Gasteiger partial charge in [0.1, 0.15) is 11.6 Å². The Morgan fingerprint density at radius 2 is 2.00 bits per heavy atom. The summed E-state index contributed by atoms with van der Waals surface area (Å²) in [6.45, 7) is 7.85. The minimum atomic E-state index is -0.594. The normalized spacial score (nSPS) is 22.4. The molecule has 6 heteroatoms. The number of nitrogens with one attached hydrogen (secondary N) is 1. The molecule has 1 N–H and O–H groups in total. The monoisotopic (exact) mass is 346 g/mol. The predicted molar refractivity (Wildman–Crippen MR) is 92.9 cm³/mol. The maximum absolute atomic E-state index is 12.9. The second-order valence-electron chi connectivity index (χ2n) is 8.08. The van der Waals surface area contributed by atoms with Crippen molar-refractivity contribution in [3.63, 3.8) is 0 Å². The summed E-state index contributed by atoms with van der Waals surface area (Å²) in [4.78, 5) is 26.8. The fourth-order valence-corrected chi connectivity index (χ4v) is 3.39. The van der Waals surface area contributed by atoms with Crippen molar-refractivity contribution in [2.24, 2.45) is 5.41 Å². The smallest absolute Gasteiger partial charge is 0.408 e. The van der Waals surface area contributed by atoms with Gasteiger partial charge in [-0.25, -0.2) is 4.79 Å². The fraction of sp³-hybridized carbons (Fsp3) is 0.579. The van der Waals surface area contributed by atoms with Crippen LogP contribution in [-0.4, -0.2) is 48.3 Å². The second-order valence-corrected chi connectivity index (χ2v) is 8.08. The molecule has 1 aromatic rings. The van der Waals surface area contributed by atoms with Crippen LogP contribution in [0.4, 0.5) is 4.79 Å². The molecule has 2 aliphatic rings. The highest BCUT2D eigenvalue weighted by Crippen LogP contribution is 2.38. The van der Waals surface area contributed by atoms with E-state index in [0.717, 1.165) is 5.56 Å². The molecule has 1 unspecified atom stereocenters. The summed E-state index contributed by atoms with van der Waals surface area (Å²) < 4.78 is 10.7. The van der Waals surface area contributed by atoms with Gasteiger partial charge in [-0.2, -0.15) is 0 Å². The van der Waals surface area contributed by atoms with Crippen LogP contribution < -0.4 is 5.32 Å². The number of piperidine rings is 1. The van der Waals surface area contributed by atoms with Gasteiger partial charge < -0.3 is 19.7 Å². The van der Waals surface area contributed by atoms with E-state index in [-0.39, 0.29) is 11.3 Å². The van der Waals surface area contributed by atoms with Crippen LogP contribution in [0.1, 0.15) is 32.8 Å². The summed E-state index contributed by atoms with van der Waals surface area (Å²) in [5.74, 6) is -0.0627. The first-order valence-electron chi connectivity index (χ1n) is 8.66. The number of amides is 2. The number of benzene rings is 1. The summed E-state index contributed by atoms with van der Waals surface area (Å²) >= 11 is 0. The molecule has 2 aliphatic heterocycles. The van der Waals surface area contributed by atoms with Crippen LogP contribution in [0, 0.1) is 5.41 Å². The Hall–Kier alpha value is -2.08. The van der Waals surface area contributed by atoms with Gasteiger partial charge in [-0.15, -0.1) is 0 Å². The quantitative estimate of drug-likeness (QED) is 0.912. The molecule has 2 heterocycles. The van der Waals surface area contributed by atoms with E-state index >= 15 is 0 Å². The Morgan fingerprint density at radius 3 is 2.56 bits per heavy atom. The van der Waals surface area contributed by atoms with Gasteiger partial charge in [-0.05, 0) is 32.8 Å². The fourth-order valence-electron chi connectivity index (χ4n) is 3.39. The predicted octanol–water partition coefficient (Wildman–Crippen LogP) is 2.33. The van der Waals surface area contributed by atoms with E-state index in [4.69, 9.17) is 9.47 Å². The average molecular weight is 346 g/mol. The molecular formula is C19H26N2O4. The molecule has 25 heavy (non-hydrogen) atoms. The Balaban J connectivity index is 1.71. The average Bonchev–Trinajstić information content (AvgIpc) is 2.48. The highest BCUT2D eigenvalue weighted by atomic mass is 16.6. The van der Waals surface area contributed by atoms with Crippen molar-refractivity contribution >= 4 is 12.0 Å². The molecule has 1 spiro atoms. The lowest BCUT2D eigenvalue weighted by Crippen LogP contribution is -2.64. The first-order chi connectivity index (χ1) is 11.8. The Bertz CT molecular complexity index is 635. The molecule has 0 aromatic heterocycles. The number of carbonyl (C=O) groups excluding carboxylic acids is 2. The number of hydrogen-bond donors (Lipinski definition) is 1. The zero-order valence-corrected chi connectivity index (χ0v) is 15.1. The minimum absolute atomic E-state index is 0.0627. The number of alkyl carbamates (subject to hydrolysis) is 1. The molecule has 1 aromatic carbocycles. The van der Waals surface area contributed by atoms with Crippen LogP contribution in [0.25, 0.3) is 0 Å². The molecule has 2 saturated heterocycles. The standard InChI is InChI=1S/C19H26N2O4/c1-18(2,3)25-17(23)20-15-9-19(12-24-13-19)11-21(16(15)22)10-14-7-5-4-6-8-14/h4-8,15H,9-13H2,1-3H3,(H,20,23). The Morgan fingerprint density at radius 1 is 1.32 bits per heavy atom. The number of nitrogens with zero attached hydrogens (tertiary/aromatic N) is 1. The Labute approximate surface area is 148 Å². The van der Waals surface area contributed by atoms with E-state index in [0.29, 0.717) is 32.7 Å². The Kier molecular flexibility index (Phi) is 4.73. The van der Waals surface area contributed by atoms with Crippen molar-refractivity contribution in [3.05, 3.63) is 35.9 Å². The molecule has 0 aliphatic carbocycles. The topological polar surface area (TPSA) is 67.9 Å². The molecule has 136 valence electrons. The van der Waals surface area contributed by atoms with Gasteiger partial charge in [0, 0.05) is 18.5 Å². The van der Waals surface area contributed by atoms with Gasteiger partial charge in [0.2, 0.25) is 5.91 Å². The molecule has 0 bridgehead atoms. The molecule has 6 nitrogen and oxygen atoms in total. The third-order valence-electron chi connectivity index (χ3n) is 4.50. The molecule has 3 rings (SSSR count). The maximum Gasteiger partial charge on any atom is 0.408 e. The summed E-state index contributed by atoms with van der Waals surface area (Å²) in [5, 5.41) is 2.76. The van der Waals surface area contributed by atoms with Crippen molar-refractivity contribution in [2.45, 2.75) is 45.4 Å². The number of rotatable bonds is 3. The van der Waals surface area contributed by atoms with E-state index < -0.39 is 17.7 Å².